The van der Waals surface area contributed by atoms with E-state index in [2.05, 4.69) is 44.8 Å². The van der Waals surface area contributed by atoms with E-state index in [4.69, 9.17) is 28.2 Å². The number of unbranched alkanes of at least 4 members (excludes halogenated alkanes) is 2. The number of amides is 1. The van der Waals surface area contributed by atoms with Crippen molar-refractivity contribution in [3.8, 4) is 0 Å². The third-order valence-electron chi connectivity index (χ3n) is 5.04. The normalized spacial score (nSPS) is 11.9. The molecule has 0 aliphatic heterocycles. The highest BCUT2D eigenvalue weighted by Crippen LogP contribution is 2.35. The molecule has 1 heterocycles. The van der Waals surface area contributed by atoms with E-state index in [9.17, 15) is 4.79 Å². The third-order valence-corrected chi connectivity index (χ3v) is 6.60. The Morgan fingerprint density at radius 3 is 2.32 bits per heavy atom. The first kappa shape index (κ1) is 26.1. The van der Waals surface area contributed by atoms with E-state index in [0.717, 1.165) is 54.9 Å². The average molecular weight is 485 g/mol. The zero-order valence-corrected chi connectivity index (χ0v) is 21.7. The first-order valence-corrected chi connectivity index (χ1v) is 12.7. The molecule has 0 radical (unpaired) electrons. The molecule has 2 aromatic rings. The van der Waals surface area contributed by atoms with Gasteiger partial charge in [-0.3, -0.25) is 9.69 Å². The van der Waals surface area contributed by atoms with Crippen molar-refractivity contribution in [2.45, 2.75) is 72.1 Å². The van der Waals surface area contributed by atoms with Crippen LogP contribution in [0.25, 0.3) is 0 Å². The number of thiazole rings is 1. The first-order chi connectivity index (χ1) is 14.6. The maximum absolute atomic E-state index is 12.7. The van der Waals surface area contributed by atoms with E-state index in [0.29, 0.717) is 28.1 Å². The quantitative estimate of drug-likeness (QED) is 0.367. The van der Waals surface area contributed by atoms with Gasteiger partial charge < -0.3 is 5.32 Å². The van der Waals surface area contributed by atoms with Crippen molar-refractivity contribution in [1.82, 2.24) is 9.88 Å². The number of hydrogen-bond donors (Lipinski definition) is 1. The predicted molar refractivity (Wildman–Crippen MR) is 135 cm³/mol. The number of nitrogens with one attached hydrogen (secondary N) is 1. The number of carbonyl (C=O) groups is 1. The average Bonchev–Trinajstić information content (AvgIpc) is 3.08. The Balaban J connectivity index is 2.16. The van der Waals surface area contributed by atoms with Gasteiger partial charge in [-0.25, -0.2) is 4.98 Å². The highest BCUT2D eigenvalue weighted by Gasteiger charge is 2.24. The molecule has 0 fully saturated rings. The summed E-state index contributed by atoms with van der Waals surface area (Å²) < 4.78 is 0. The lowest BCUT2D eigenvalue weighted by molar-refractivity contribution is -0.117. The molecule has 4 nitrogen and oxygen atoms in total. The van der Waals surface area contributed by atoms with Crippen molar-refractivity contribution in [1.29, 1.82) is 0 Å². The van der Waals surface area contributed by atoms with Crippen molar-refractivity contribution < 1.29 is 4.79 Å². The molecule has 1 aromatic heterocycles. The van der Waals surface area contributed by atoms with Crippen LogP contribution in [-0.4, -0.2) is 35.4 Å². The van der Waals surface area contributed by atoms with Crippen LogP contribution in [0.1, 0.15) is 76.4 Å². The molecule has 0 spiro atoms. The van der Waals surface area contributed by atoms with Crippen LogP contribution in [0.2, 0.25) is 10.0 Å². The van der Waals surface area contributed by atoms with Crippen LogP contribution in [0, 0.1) is 0 Å². The summed E-state index contributed by atoms with van der Waals surface area (Å²) >= 11 is 14.0. The van der Waals surface area contributed by atoms with Crippen LogP contribution in [0.5, 0.6) is 0 Å². The molecule has 0 aliphatic rings. The monoisotopic (exact) mass is 483 g/mol. The Morgan fingerprint density at radius 1 is 1.13 bits per heavy atom. The Morgan fingerprint density at radius 2 is 1.77 bits per heavy atom. The van der Waals surface area contributed by atoms with Gasteiger partial charge in [0.2, 0.25) is 5.91 Å². The molecule has 0 unspecified atom stereocenters. The molecule has 2 rings (SSSR count). The van der Waals surface area contributed by atoms with Crippen LogP contribution < -0.4 is 5.32 Å². The van der Waals surface area contributed by atoms with Gasteiger partial charge in [-0.15, -0.1) is 11.3 Å². The number of hydrogen-bond acceptors (Lipinski definition) is 4. The van der Waals surface area contributed by atoms with E-state index in [1.54, 1.807) is 6.07 Å². The van der Waals surface area contributed by atoms with E-state index in [1.807, 2.05) is 12.1 Å². The second-order valence-corrected chi connectivity index (χ2v) is 10.9. The number of rotatable bonds is 11. The molecule has 0 aliphatic carbocycles. The summed E-state index contributed by atoms with van der Waals surface area (Å²) in [5, 5.41) is 4.96. The highest BCUT2D eigenvalue weighted by atomic mass is 35.5. The Labute approximate surface area is 201 Å². The highest BCUT2D eigenvalue weighted by molar-refractivity contribution is 7.15. The number of nitrogens with zero attached hydrogens (tertiary/aromatic N) is 2. The lowest BCUT2D eigenvalue weighted by atomic mass is 9.90. The summed E-state index contributed by atoms with van der Waals surface area (Å²) in [5.41, 5.74) is 1.86. The van der Waals surface area contributed by atoms with Crippen molar-refractivity contribution in [3.05, 3.63) is 44.4 Å². The number of benzene rings is 1. The fraction of sp³-hybridized carbons (Fsp3) is 0.583. The minimum absolute atomic E-state index is 0.00232. The number of aromatic nitrogens is 1. The standard InChI is InChI=1S/C24H35Cl2N3OS/c1-6-8-12-29(13-9-7-2)16-21(30)27-23-28-22(24(3,4)5)20(31-23)14-17-10-11-18(25)15-19(17)26/h10-11,15H,6-9,12-14,16H2,1-5H3,(H,27,28,30). The van der Waals surface area contributed by atoms with E-state index in [1.165, 1.54) is 11.3 Å². The largest absolute Gasteiger partial charge is 0.301 e. The minimum atomic E-state index is -0.137. The smallest absolute Gasteiger partial charge is 0.240 e. The van der Waals surface area contributed by atoms with Crippen LogP contribution in [0.3, 0.4) is 0 Å². The molecule has 1 N–H and O–H groups in total. The van der Waals surface area contributed by atoms with Gasteiger partial charge in [0.1, 0.15) is 0 Å². The zero-order valence-electron chi connectivity index (χ0n) is 19.4. The van der Waals surface area contributed by atoms with Crippen molar-refractivity contribution in [2.75, 3.05) is 25.0 Å². The zero-order chi connectivity index (χ0) is 23.0. The molecule has 31 heavy (non-hydrogen) atoms. The lowest BCUT2D eigenvalue weighted by Gasteiger charge is -2.21. The number of carbonyl (C=O) groups excluding carboxylic acids is 1. The fourth-order valence-electron chi connectivity index (χ4n) is 3.34. The summed E-state index contributed by atoms with van der Waals surface area (Å²) in [6, 6.07) is 5.57. The Hall–Kier alpha value is -1.14. The minimum Gasteiger partial charge on any atom is -0.301 e. The van der Waals surface area contributed by atoms with E-state index >= 15 is 0 Å². The molecule has 0 saturated carbocycles. The molecule has 1 aromatic carbocycles. The maximum atomic E-state index is 12.7. The van der Waals surface area contributed by atoms with Crippen molar-refractivity contribution >= 4 is 45.6 Å². The molecular formula is C24H35Cl2N3OS. The van der Waals surface area contributed by atoms with Gasteiger partial charge in [-0.1, -0.05) is 76.7 Å². The van der Waals surface area contributed by atoms with Gasteiger partial charge in [0.05, 0.1) is 12.2 Å². The van der Waals surface area contributed by atoms with Crippen molar-refractivity contribution in [3.63, 3.8) is 0 Å². The second-order valence-electron chi connectivity index (χ2n) is 8.98. The van der Waals surface area contributed by atoms with Gasteiger partial charge >= 0.3 is 0 Å². The van der Waals surface area contributed by atoms with E-state index in [-0.39, 0.29) is 11.3 Å². The van der Waals surface area contributed by atoms with Gasteiger partial charge in [-0.05, 0) is 43.6 Å². The first-order valence-electron chi connectivity index (χ1n) is 11.1. The molecule has 0 saturated heterocycles. The lowest BCUT2D eigenvalue weighted by Crippen LogP contribution is -2.34. The number of halogens is 2. The molecule has 7 heteroatoms. The van der Waals surface area contributed by atoms with Crippen LogP contribution >= 0.6 is 34.5 Å². The van der Waals surface area contributed by atoms with Crippen LogP contribution in [-0.2, 0) is 16.6 Å². The SMILES string of the molecule is CCCCN(CCCC)CC(=O)Nc1nc(C(C)(C)C)c(Cc2ccc(Cl)cc2Cl)s1. The topological polar surface area (TPSA) is 45.2 Å². The summed E-state index contributed by atoms with van der Waals surface area (Å²) in [6.45, 7) is 13.1. The fourth-order valence-corrected chi connectivity index (χ4v) is 5.03. The van der Waals surface area contributed by atoms with Gasteiger partial charge in [0.25, 0.3) is 0 Å². The van der Waals surface area contributed by atoms with Gasteiger partial charge in [0.15, 0.2) is 5.13 Å². The Kier molecular flexibility index (Phi) is 10.3. The molecule has 1 amide bonds. The molecule has 0 bridgehead atoms. The summed E-state index contributed by atoms with van der Waals surface area (Å²) in [7, 11) is 0. The maximum Gasteiger partial charge on any atom is 0.240 e. The predicted octanol–water partition coefficient (Wildman–Crippen LogP) is 7.18. The van der Waals surface area contributed by atoms with Gasteiger partial charge in [-0.2, -0.15) is 0 Å². The van der Waals surface area contributed by atoms with Crippen molar-refractivity contribution in [2.24, 2.45) is 0 Å². The summed E-state index contributed by atoms with van der Waals surface area (Å²) in [5.74, 6) is -0.00232. The summed E-state index contributed by atoms with van der Waals surface area (Å²) in [6.07, 6.45) is 5.13. The van der Waals surface area contributed by atoms with Crippen LogP contribution in [0.15, 0.2) is 18.2 Å². The van der Waals surface area contributed by atoms with Crippen LogP contribution in [0.4, 0.5) is 5.13 Å². The third kappa shape index (κ3) is 8.38. The molecular weight excluding hydrogens is 449 g/mol. The molecule has 172 valence electrons. The van der Waals surface area contributed by atoms with Gasteiger partial charge in [0, 0.05) is 26.8 Å². The second kappa shape index (κ2) is 12.2. The Bertz CT molecular complexity index is 853. The molecule has 0 atom stereocenters. The van der Waals surface area contributed by atoms with E-state index < -0.39 is 0 Å². The summed E-state index contributed by atoms with van der Waals surface area (Å²) in [4.78, 5) is 20.9. The number of anilines is 1.